The lowest BCUT2D eigenvalue weighted by atomic mass is 9.87. The lowest BCUT2D eigenvalue weighted by molar-refractivity contribution is -0.166. The Morgan fingerprint density at radius 1 is 1.13 bits per heavy atom. The van der Waals surface area contributed by atoms with Gasteiger partial charge in [-0.1, -0.05) is 22.4 Å². The lowest BCUT2D eigenvalue weighted by Crippen LogP contribution is -2.33. The van der Waals surface area contributed by atoms with Crippen molar-refractivity contribution >= 4 is 21.9 Å². The fourth-order valence-corrected chi connectivity index (χ4v) is 1.58. The Morgan fingerprint density at radius 3 is 2.07 bits per heavy atom. The fraction of sp³-hybridized carbons (Fsp3) is 0.917. The second kappa shape index (κ2) is 5.88. The molecule has 2 nitrogen and oxygen atoms in total. The molecule has 0 unspecified atom stereocenters. The van der Waals surface area contributed by atoms with Crippen LogP contribution in [-0.4, -0.2) is 16.9 Å². The van der Waals surface area contributed by atoms with Crippen molar-refractivity contribution in [1.82, 2.24) is 0 Å². The van der Waals surface area contributed by atoms with Crippen LogP contribution in [-0.2, 0) is 9.53 Å². The molecular formula is C12H23BrO2. The first-order chi connectivity index (χ1) is 6.69. The molecule has 0 N–H and O–H groups in total. The van der Waals surface area contributed by atoms with Crippen LogP contribution in [0.2, 0.25) is 0 Å². The molecule has 0 aliphatic carbocycles. The largest absolute Gasteiger partial charge is 0.460 e. The van der Waals surface area contributed by atoms with Crippen molar-refractivity contribution in [3.63, 3.8) is 0 Å². The highest BCUT2D eigenvalue weighted by Crippen LogP contribution is 2.27. The Labute approximate surface area is 102 Å². The summed E-state index contributed by atoms with van der Waals surface area (Å²) in [4.78, 5) is 11.8. The van der Waals surface area contributed by atoms with Crippen LogP contribution in [0.15, 0.2) is 0 Å². The SMILES string of the molecule is CC(C)(C)OC(=O)C(C)(C)CCCCBr. The number of carbonyl (C=O) groups is 1. The van der Waals surface area contributed by atoms with Gasteiger partial charge in [0.05, 0.1) is 5.41 Å². The van der Waals surface area contributed by atoms with Gasteiger partial charge in [0.15, 0.2) is 0 Å². The van der Waals surface area contributed by atoms with Gasteiger partial charge in [-0.15, -0.1) is 0 Å². The maximum absolute atomic E-state index is 11.8. The summed E-state index contributed by atoms with van der Waals surface area (Å²) in [5.41, 5.74) is -0.751. The Hall–Kier alpha value is -0.0500. The van der Waals surface area contributed by atoms with Crippen molar-refractivity contribution in [3.05, 3.63) is 0 Å². The summed E-state index contributed by atoms with van der Waals surface area (Å²) in [5, 5.41) is 0.997. The van der Waals surface area contributed by atoms with E-state index in [1.54, 1.807) is 0 Å². The monoisotopic (exact) mass is 278 g/mol. The molecule has 0 aromatic heterocycles. The van der Waals surface area contributed by atoms with E-state index in [2.05, 4.69) is 15.9 Å². The third kappa shape index (κ3) is 6.93. The van der Waals surface area contributed by atoms with Gasteiger partial charge in [-0.05, 0) is 47.5 Å². The Balaban J connectivity index is 4.14. The predicted octanol–water partition coefficient (Wildman–Crippen LogP) is 3.92. The van der Waals surface area contributed by atoms with Crippen LogP contribution in [0.4, 0.5) is 0 Å². The zero-order valence-electron chi connectivity index (χ0n) is 10.5. The molecule has 0 rings (SSSR count). The average molecular weight is 279 g/mol. The Kier molecular flexibility index (Phi) is 5.86. The maximum Gasteiger partial charge on any atom is 0.312 e. The van der Waals surface area contributed by atoms with E-state index in [9.17, 15) is 4.79 Å². The van der Waals surface area contributed by atoms with Gasteiger partial charge in [0, 0.05) is 5.33 Å². The van der Waals surface area contributed by atoms with Crippen LogP contribution >= 0.6 is 15.9 Å². The zero-order chi connectivity index (χ0) is 12.1. The summed E-state index contributed by atoms with van der Waals surface area (Å²) in [5.74, 6) is -0.0930. The number of ether oxygens (including phenoxy) is 1. The molecule has 3 heteroatoms. The van der Waals surface area contributed by atoms with E-state index >= 15 is 0 Å². The van der Waals surface area contributed by atoms with Gasteiger partial charge in [0.25, 0.3) is 0 Å². The van der Waals surface area contributed by atoms with Crippen molar-refractivity contribution < 1.29 is 9.53 Å². The molecule has 0 aromatic carbocycles. The van der Waals surface area contributed by atoms with E-state index in [-0.39, 0.29) is 17.0 Å². The van der Waals surface area contributed by atoms with E-state index in [0.717, 1.165) is 24.6 Å². The maximum atomic E-state index is 11.8. The van der Waals surface area contributed by atoms with E-state index in [4.69, 9.17) is 4.74 Å². The summed E-state index contributed by atoms with van der Waals surface area (Å²) < 4.78 is 5.38. The van der Waals surface area contributed by atoms with Crippen molar-refractivity contribution in [2.24, 2.45) is 5.41 Å². The highest BCUT2D eigenvalue weighted by Gasteiger charge is 2.31. The molecule has 15 heavy (non-hydrogen) atoms. The van der Waals surface area contributed by atoms with Crippen LogP contribution in [0.3, 0.4) is 0 Å². The molecule has 0 aliphatic heterocycles. The number of alkyl halides is 1. The topological polar surface area (TPSA) is 26.3 Å². The second-order valence-corrected chi connectivity index (χ2v) is 6.32. The van der Waals surface area contributed by atoms with Crippen LogP contribution in [0.1, 0.15) is 53.9 Å². The lowest BCUT2D eigenvalue weighted by Gasteiger charge is -2.28. The highest BCUT2D eigenvalue weighted by atomic mass is 79.9. The Morgan fingerprint density at radius 2 is 1.67 bits per heavy atom. The first-order valence-electron chi connectivity index (χ1n) is 5.48. The van der Waals surface area contributed by atoms with Gasteiger partial charge in [-0.3, -0.25) is 4.79 Å². The number of unbranched alkanes of at least 4 members (excludes halogenated alkanes) is 1. The highest BCUT2D eigenvalue weighted by molar-refractivity contribution is 9.09. The van der Waals surface area contributed by atoms with Crippen molar-refractivity contribution in [1.29, 1.82) is 0 Å². The number of esters is 1. The van der Waals surface area contributed by atoms with Crippen LogP contribution in [0, 0.1) is 5.41 Å². The summed E-state index contributed by atoms with van der Waals surface area (Å²) >= 11 is 3.39. The molecule has 0 saturated heterocycles. The molecule has 0 aliphatic rings. The summed E-state index contributed by atoms with van der Waals surface area (Å²) in [6, 6.07) is 0. The normalized spacial score (nSPS) is 12.7. The second-order valence-electron chi connectivity index (χ2n) is 5.53. The molecule has 0 bridgehead atoms. The minimum absolute atomic E-state index is 0.0930. The predicted molar refractivity (Wildman–Crippen MR) is 67.3 cm³/mol. The zero-order valence-corrected chi connectivity index (χ0v) is 12.1. The third-order valence-corrected chi connectivity index (χ3v) is 2.70. The number of carbonyl (C=O) groups excluding carboxylic acids is 1. The number of hydrogen-bond donors (Lipinski definition) is 0. The summed E-state index contributed by atoms with van der Waals surface area (Å²) in [6.45, 7) is 9.61. The molecule has 0 aromatic rings. The van der Waals surface area contributed by atoms with Gasteiger partial charge < -0.3 is 4.74 Å². The minimum atomic E-state index is -0.385. The standard InChI is InChI=1S/C12H23BrO2/c1-11(2,3)15-10(14)12(4,5)8-6-7-9-13/h6-9H2,1-5H3. The van der Waals surface area contributed by atoms with Crippen LogP contribution < -0.4 is 0 Å². The molecule has 0 atom stereocenters. The molecule has 0 saturated carbocycles. The van der Waals surface area contributed by atoms with Gasteiger partial charge in [0.1, 0.15) is 5.60 Å². The fourth-order valence-electron chi connectivity index (χ4n) is 1.18. The summed E-state index contributed by atoms with van der Waals surface area (Å²) in [7, 11) is 0. The minimum Gasteiger partial charge on any atom is -0.460 e. The molecule has 0 amide bonds. The number of hydrogen-bond acceptors (Lipinski definition) is 2. The Bertz CT molecular complexity index is 204. The van der Waals surface area contributed by atoms with Crippen molar-refractivity contribution in [2.75, 3.05) is 5.33 Å². The smallest absolute Gasteiger partial charge is 0.312 e. The molecule has 0 radical (unpaired) electrons. The summed E-state index contributed by atoms with van der Waals surface area (Å²) in [6.07, 6.45) is 3.04. The van der Waals surface area contributed by atoms with Crippen molar-refractivity contribution in [3.8, 4) is 0 Å². The van der Waals surface area contributed by atoms with Gasteiger partial charge in [-0.25, -0.2) is 0 Å². The van der Waals surface area contributed by atoms with Gasteiger partial charge in [-0.2, -0.15) is 0 Å². The average Bonchev–Trinajstić information content (AvgIpc) is 2.01. The molecule has 0 spiro atoms. The first-order valence-corrected chi connectivity index (χ1v) is 6.60. The third-order valence-electron chi connectivity index (χ3n) is 2.14. The molecular weight excluding hydrogens is 256 g/mol. The van der Waals surface area contributed by atoms with Crippen LogP contribution in [0.25, 0.3) is 0 Å². The van der Waals surface area contributed by atoms with Crippen LogP contribution in [0.5, 0.6) is 0 Å². The first kappa shape index (κ1) is 14.9. The van der Waals surface area contributed by atoms with E-state index in [1.165, 1.54) is 0 Å². The van der Waals surface area contributed by atoms with E-state index in [1.807, 2.05) is 34.6 Å². The molecule has 0 heterocycles. The molecule has 0 fully saturated rings. The number of rotatable bonds is 5. The molecule has 90 valence electrons. The van der Waals surface area contributed by atoms with Gasteiger partial charge in [0.2, 0.25) is 0 Å². The van der Waals surface area contributed by atoms with Crippen molar-refractivity contribution in [2.45, 2.75) is 59.5 Å². The number of halogens is 1. The quantitative estimate of drug-likeness (QED) is 0.433. The van der Waals surface area contributed by atoms with E-state index < -0.39 is 0 Å². The van der Waals surface area contributed by atoms with Gasteiger partial charge >= 0.3 is 5.97 Å². The van der Waals surface area contributed by atoms with E-state index in [0.29, 0.717) is 0 Å².